The molecule has 2 aromatic rings. The molecule has 10 heteroatoms. The molecule has 0 aliphatic carbocycles. The number of methoxy groups -OCH3 is 3. The van der Waals surface area contributed by atoms with Gasteiger partial charge in [-0.1, -0.05) is 12.1 Å². The lowest BCUT2D eigenvalue weighted by molar-refractivity contribution is -0.146. The van der Waals surface area contributed by atoms with Gasteiger partial charge in [0.1, 0.15) is 5.75 Å². The van der Waals surface area contributed by atoms with Gasteiger partial charge in [0.15, 0.2) is 18.1 Å². The highest BCUT2D eigenvalue weighted by Crippen LogP contribution is 2.38. The minimum atomic E-state index is -3.04. The van der Waals surface area contributed by atoms with Gasteiger partial charge in [0.2, 0.25) is 5.75 Å². The molecule has 0 aliphatic rings. The summed E-state index contributed by atoms with van der Waals surface area (Å²) in [6.45, 7) is -3.65. The first-order valence-electron chi connectivity index (χ1n) is 8.66. The molecule has 0 aliphatic heterocycles. The number of anilines is 1. The number of nitrogens with one attached hydrogen (secondary N) is 1. The third-order valence-electron chi connectivity index (χ3n) is 3.81. The molecule has 0 fully saturated rings. The number of carbonyl (C=O) groups excluding carboxylic acids is 2. The Kier molecular flexibility index (Phi) is 8.21. The van der Waals surface area contributed by atoms with Gasteiger partial charge in [0.05, 0.1) is 33.4 Å². The number of amides is 1. The standard InChI is InChI=1S/C20H21F2NO7/c1-26-15-8-12(9-16(27-2)19(15)28-3)10-18(25)29-11-17(24)23-13-6-4-5-7-14(13)30-20(21)22/h4-9,20H,10-11H2,1-3H3,(H,23,24). The van der Waals surface area contributed by atoms with Crippen LogP contribution in [-0.2, 0) is 20.7 Å². The Hall–Kier alpha value is -3.56. The number of carbonyl (C=O) groups is 2. The van der Waals surface area contributed by atoms with Crippen LogP contribution in [0.15, 0.2) is 36.4 Å². The summed E-state index contributed by atoms with van der Waals surface area (Å²) in [5.41, 5.74) is 0.550. The smallest absolute Gasteiger partial charge is 0.387 e. The number of benzene rings is 2. The summed E-state index contributed by atoms with van der Waals surface area (Å²) in [5.74, 6) is -0.484. The van der Waals surface area contributed by atoms with Crippen molar-refractivity contribution in [3.63, 3.8) is 0 Å². The minimum Gasteiger partial charge on any atom is -0.493 e. The summed E-state index contributed by atoms with van der Waals surface area (Å²) in [6, 6.07) is 8.84. The molecular formula is C20H21F2NO7. The topological polar surface area (TPSA) is 92.3 Å². The van der Waals surface area contributed by atoms with Crippen molar-refractivity contribution in [1.82, 2.24) is 0 Å². The van der Waals surface area contributed by atoms with Crippen LogP contribution in [0.25, 0.3) is 0 Å². The lowest BCUT2D eigenvalue weighted by atomic mass is 10.1. The van der Waals surface area contributed by atoms with Crippen molar-refractivity contribution in [2.24, 2.45) is 0 Å². The van der Waals surface area contributed by atoms with Crippen molar-refractivity contribution < 1.29 is 42.1 Å². The minimum absolute atomic E-state index is 0.0310. The summed E-state index contributed by atoms with van der Waals surface area (Å²) >= 11 is 0. The molecule has 0 atom stereocenters. The second-order valence-corrected chi connectivity index (χ2v) is 5.79. The average molecular weight is 425 g/mol. The van der Waals surface area contributed by atoms with Gasteiger partial charge in [-0.25, -0.2) is 0 Å². The van der Waals surface area contributed by atoms with E-state index in [1.54, 1.807) is 12.1 Å². The van der Waals surface area contributed by atoms with Crippen molar-refractivity contribution in [1.29, 1.82) is 0 Å². The number of esters is 1. The van der Waals surface area contributed by atoms with E-state index in [0.29, 0.717) is 22.8 Å². The van der Waals surface area contributed by atoms with E-state index in [-0.39, 0.29) is 17.9 Å². The number of hydrogen-bond donors (Lipinski definition) is 1. The summed E-state index contributed by atoms with van der Waals surface area (Å²) < 4.78 is 49.8. The number of hydrogen-bond acceptors (Lipinski definition) is 7. The van der Waals surface area contributed by atoms with Crippen LogP contribution in [-0.4, -0.2) is 46.4 Å². The number of ether oxygens (including phenoxy) is 5. The van der Waals surface area contributed by atoms with Gasteiger partial charge in [-0.2, -0.15) is 8.78 Å². The van der Waals surface area contributed by atoms with E-state index in [9.17, 15) is 18.4 Å². The monoisotopic (exact) mass is 425 g/mol. The molecule has 0 bridgehead atoms. The van der Waals surface area contributed by atoms with E-state index in [0.717, 1.165) is 0 Å². The number of halogens is 2. The van der Waals surface area contributed by atoms with Crippen LogP contribution in [0.2, 0.25) is 0 Å². The van der Waals surface area contributed by atoms with Crippen molar-refractivity contribution >= 4 is 17.6 Å². The molecule has 0 unspecified atom stereocenters. The van der Waals surface area contributed by atoms with Gasteiger partial charge < -0.3 is 29.0 Å². The molecule has 0 radical (unpaired) electrons. The SMILES string of the molecule is COc1cc(CC(=O)OCC(=O)Nc2ccccc2OC(F)F)cc(OC)c1OC. The molecule has 0 saturated carbocycles. The van der Waals surface area contributed by atoms with Crippen molar-refractivity contribution in [3.8, 4) is 23.0 Å². The van der Waals surface area contributed by atoms with Gasteiger partial charge >= 0.3 is 12.6 Å². The summed E-state index contributed by atoms with van der Waals surface area (Å²) in [6.07, 6.45) is -0.158. The lowest BCUT2D eigenvalue weighted by Gasteiger charge is -2.14. The summed E-state index contributed by atoms with van der Waals surface area (Å²) in [7, 11) is 4.34. The third-order valence-corrected chi connectivity index (χ3v) is 3.81. The predicted octanol–water partition coefficient (Wildman–Crippen LogP) is 3.04. The molecule has 1 N–H and O–H groups in total. The van der Waals surface area contributed by atoms with E-state index < -0.39 is 25.1 Å². The molecular weight excluding hydrogens is 404 g/mol. The molecule has 1 amide bonds. The molecule has 30 heavy (non-hydrogen) atoms. The normalized spacial score (nSPS) is 10.3. The lowest BCUT2D eigenvalue weighted by Crippen LogP contribution is -2.22. The van der Waals surface area contributed by atoms with Gasteiger partial charge in [0.25, 0.3) is 5.91 Å². The molecule has 0 aromatic heterocycles. The van der Waals surface area contributed by atoms with E-state index in [1.165, 1.54) is 45.6 Å². The van der Waals surface area contributed by atoms with Crippen LogP contribution in [0, 0.1) is 0 Å². The molecule has 2 rings (SSSR count). The van der Waals surface area contributed by atoms with Gasteiger partial charge in [-0.15, -0.1) is 0 Å². The van der Waals surface area contributed by atoms with Crippen molar-refractivity contribution in [2.75, 3.05) is 33.3 Å². The van der Waals surface area contributed by atoms with Gasteiger partial charge in [0, 0.05) is 0 Å². The molecule has 162 valence electrons. The van der Waals surface area contributed by atoms with Crippen LogP contribution in [0.1, 0.15) is 5.56 Å². The van der Waals surface area contributed by atoms with Crippen molar-refractivity contribution in [3.05, 3.63) is 42.0 Å². The second-order valence-electron chi connectivity index (χ2n) is 5.79. The molecule has 8 nitrogen and oxygen atoms in total. The number of alkyl halides is 2. The maximum Gasteiger partial charge on any atom is 0.387 e. The van der Waals surface area contributed by atoms with E-state index in [1.807, 2.05) is 0 Å². The number of rotatable bonds is 10. The highest BCUT2D eigenvalue weighted by atomic mass is 19.3. The first-order chi connectivity index (χ1) is 14.4. The van der Waals surface area contributed by atoms with Crippen LogP contribution < -0.4 is 24.3 Å². The highest BCUT2D eigenvalue weighted by molar-refractivity contribution is 5.94. The highest BCUT2D eigenvalue weighted by Gasteiger charge is 2.17. The Morgan fingerprint density at radius 2 is 1.60 bits per heavy atom. The maximum absolute atomic E-state index is 12.4. The Balaban J connectivity index is 1.96. The Morgan fingerprint density at radius 3 is 2.17 bits per heavy atom. The van der Waals surface area contributed by atoms with Gasteiger partial charge in [-0.05, 0) is 29.8 Å². The quantitative estimate of drug-likeness (QED) is 0.585. The van der Waals surface area contributed by atoms with Crippen LogP contribution in [0.3, 0.4) is 0 Å². The number of para-hydroxylation sites is 2. The van der Waals surface area contributed by atoms with Gasteiger partial charge in [-0.3, -0.25) is 9.59 Å². The first-order valence-corrected chi connectivity index (χ1v) is 8.66. The predicted molar refractivity (Wildman–Crippen MR) is 102 cm³/mol. The fourth-order valence-electron chi connectivity index (χ4n) is 2.56. The van der Waals surface area contributed by atoms with Crippen LogP contribution in [0.4, 0.5) is 14.5 Å². The fraction of sp³-hybridized carbons (Fsp3) is 0.300. The van der Waals surface area contributed by atoms with Crippen molar-refractivity contribution in [2.45, 2.75) is 13.0 Å². The summed E-state index contributed by atoms with van der Waals surface area (Å²) in [4.78, 5) is 24.1. The molecule has 2 aromatic carbocycles. The Bertz CT molecular complexity index is 864. The van der Waals surface area contributed by atoms with Crippen LogP contribution >= 0.6 is 0 Å². The van der Waals surface area contributed by atoms with E-state index >= 15 is 0 Å². The summed E-state index contributed by atoms with van der Waals surface area (Å²) in [5, 5.41) is 2.36. The Morgan fingerprint density at radius 1 is 0.967 bits per heavy atom. The zero-order valence-corrected chi connectivity index (χ0v) is 16.6. The van der Waals surface area contributed by atoms with E-state index in [2.05, 4.69) is 10.1 Å². The zero-order chi connectivity index (χ0) is 22.1. The zero-order valence-electron chi connectivity index (χ0n) is 16.6. The first kappa shape index (κ1) is 22.7. The largest absolute Gasteiger partial charge is 0.493 e. The van der Waals surface area contributed by atoms with Crippen LogP contribution in [0.5, 0.6) is 23.0 Å². The third kappa shape index (κ3) is 6.23. The molecule has 0 spiro atoms. The van der Waals surface area contributed by atoms with E-state index in [4.69, 9.17) is 18.9 Å². The molecule has 0 heterocycles. The fourth-order valence-corrected chi connectivity index (χ4v) is 2.56. The average Bonchev–Trinajstić information content (AvgIpc) is 2.72. The molecule has 0 saturated heterocycles. The second kappa shape index (κ2) is 10.8. The maximum atomic E-state index is 12.4. The Labute approximate surface area is 171 Å².